The van der Waals surface area contributed by atoms with Gasteiger partial charge in [-0.15, -0.1) is 0 Å². The summed E-state index contributed by atoms with van der Waals surface area (Å²) in [5.74, 6) is -0.754. The average molecular weight is 353 g/mol. The molecule has 0 unspecified atom stereocenters. The summed E-state index contributed by atoms with van der Waals surface area (Å²) >= 11 is 0. The number of carbonyl (C=O) groups is 2. The van der Waals surface area contributed by atoms with E-state index in [0.717, 1.165) is 24.0 Å². The number of hydrogen-bond donors (Lipinski definition) is 1. The molecule has 1 N–H and O–H groups in total. The maximum Gasteiger partial charge on any atom is 0.338 e. The number of hydrogen-bond acceptors (Lipinski definition) is 3. The van der Waals surface area contributed by atoms with Gasteiger partial charge in [-0.05, 0) is 69.4 Å². The number of aryl methyl sites for hydroxylation is 3. The van der Waals surface area contributed by atoms with Crippen LogP contribution in [0.3, 0.4) is 0 Å². The number of ether oxygens (including phenoxy) is 1. The van der Waals surface area contributed by atoms with Gasteiger partial charge in [0.15, 0.2) is 6.10 Å². The van der Waals surface area contributed by atoms with Crippen molar-refractivity contribution in [3.05, 3.63) is 70.8 Å². The average Bonchev–Trinajstić information content (AvgIpc) is 2.63. The molecule has 26 heavy (non-hydrogen) atoms. The van der Waals surface area contributed by atoms with Crippen molar-refractivity contribution in [1.29, 1.82) is 0 Å². The van der Waals surface area contributed by atoms with Crippen LogP contribution in [0.4, 0.5) is 0 Å². The van der Waals surface area contributed by atoms with E-state index in [1.807, 2.05) is 45.0 Å². The van der Waals surface area contributed by atoms with E-state index in [0.29, 0.717) is 5.56 Å². The summed E-state index contributed by atoms with van der Waals surface area (Å²) in [4.78, 5) is 24.5. The van der Waals surface area contributed by atoms with E-state index in [1.54, 1.807) is 19.1 Å². The highest BCUT2D eigenvalue weighted by Gasteiger charge is 2.20. The van der Waals surface area contributed by atoms with Crippen molar-refractivity contribution in [3.8, 4) is 0 Å². The molecule has 0 saturated carbocycles. The van der Waals surface area contributed by atoms with Gasteiger partial charge < -0.3 is 10.1 Å². The zero-order chi connectivity index (χ0) is 19.1. The molecule has 0 aliphatic carbocycles. The minimum Gasteiger partial charge on any atom is -0.449 e. The van der Waals surface area contributed by atoms with E-state index >= 15 is 0 Å². The quantitative estimate of drug-likeness (QED) is 0.766. The third-order valence-electron chi connectivity index (χ3n) is 4.49. The molecule has 0 aliphatic rings. The minimum absolute atomic E-state index is 0.00507. The molecule has 2 rings (SSSR count). The summed E-state index contributed by atoms with van der Waals surface area (Å²) in [5, 5.41) is 2.91. The van der Waals surface area contributed by atoms with Gasteiger partial charge in [-0.25, -0.2) is 4.79 Å². The SMILES string of the molecule is Cc1ccc(C(=O)O[C@H](C)C(=O)N[C@@H](C)CCc2ccccc2)cc1C. The zero-order valence-corrected chi connectivity index (χ0v) is 15.9. The molecule has 4 nitrogen and oxygen atoms in total. The van der Waals surface area contributed by atoms with Crippen LogP contribution in [0.5, 0.6) is 0 Å². The first-order valence-electron chi connectivity index (χ1n) is 8.99. The van der Waals surface area contributed by atoms with Gasteiger partial charge in [0, 0.05) is 6.04 Å². The number of carbonyl (C=O) groups excluding carboxylic acids is 2. The van der Waals surface area contributed by atoms with Crippen LogP contribution in [-0.2, 0) is 16.0 Å². The number of esters is 1. The summed E-state index contributed by atoms with van der Waals surface area (Å²) < 4.78 is 5.31. The number of benzene rings is 2. The monoisotopic (exact) mass is 353 g/mol. The lowest BCUT2D eigenvalue weighted by Crippen LogP contribution is -2.41. The van der Waals surface area contributed by atoms with Crippen molar-refractivity contribution >= 4 is 11.9 Å². The van der Waals surface area contributed by atoms with Crippen LogP contribution in [0.25, 0.3) is 0 Å². The van der Waals surface area contributed by atoms with Crippen LogP contribution in [0.2, 0.25) is 0 Å². The third kappa shape index (κ3) is 5.73. The molecule has 0 aliphatic heterocycles. The molecule has 2 atom stereocenters. The molecular weight excluding hydrogens is 326 g/mol. The Labute approximate surface area is 155 Å². The van der Waals surface area contributed by atoms with Gasteiger partial charge in [-0.1, -0.05) is 36.4 Å². The van der Waals surface area contributed by atoms with Gasteiger partial charge in [0.1, 0.15) is 0 Å². The third-order valence-corrected chi connectivity index (χ3v) is 4.49. The first-order valence-corrected chi connectivity index (χ1v) is 8.99. The van der Waals surface area contributed by atoms with Crippen LogP contribution < -0.4 is 5.32 Å². The second-order valence-corrected chi connectivity index (χ2v) is 6.78. The van der Waals surface area contributed by atoms with Crippen molar-refractivity contribution in [2.75, 3.05) is 0 Å². The summed E-state index contributed by atoms with van der Waals surface area (Å²) in [6.07, 6.45) is 0.885. The van der Waals surface area contributed by atoms with Gasteiger partial charge >= 0.3 is 5.97 Å². The van der Waals surface area contributed by atoms with E-state index < -0.39 is 12.1 Å². The van der Waals surface area contributed by atoms with E-state index in [1.165, 1.54) is 5.56 Å². The first-order chi connectivity index (χ1) is 12.4. The van der Waals surface area contributed by atoms with Crippen molar-refractivity contribution in [2.45, 2.75) is 52.7 Å². The molecule has 0 heterocycles. The Morgan fingerprint density at radius 1 is 1.00 bits per heavy atom. The number of nitrogens with one attached hydrogen (secondary N) is 1. The Morgan fingerprint density at radius 3 is 2.35 bits per heavy atom. The lowest BCUT2D eigenvalue weighted by molar-refractivity contribution is -0.129. The highest BCUT2D eigenvalue weighted by molar-refractivity contribution is 5.92. The van der Waals surface area contributed by atoms with Crippen LogP contribution in [0, 0.1) is 13.8 Å². The zero-order valence-electron chi connectivity index (χ0n) is 15.9. The second kappa shape index (κ2) is 9.18. The lowest BCUT2D eigenvalue weighted by Gasteiger charge is -2.18. The lowest BCUT2D eigenvalue weighted by atomic mass is 10.1. The standard InChI is InChI=1S/C22H27NO3/c1-15-10-13-20(14-16(15)2)22(25)26-18(4)21(24)23-17(3)11-12-19-8-6-5-7-9-19/h5-10,13-14,17-18H,11-12H2,1-4H3,(H,23,24)/t17-,18+/m0/s1. The molecule has 1 amide bonds. The summed E-state index contributed by atoms with van der Waals surface area (Å²) in [6.45, 7) is 7.48. The minimum atomic E-state index is -0.830. The number of rotatable bonds is 7. The van der Waals surface area contributed by atoms with Crippen molar-refractivity contribution in [3.63, 3.8) is 0 Å². The fourth-order valence-corrected chi connectivity index (χ4v) is 2.61. The molecule has 2 aromatic rings. The van der Waals surface area contributed by atoms with Gasteiger partial charge in [0.25, 0.3) is 5.91 Å². The maximum absolute atomic E-state index is 12.3. The first kappa shape index (κ1) is 19.7. The predicted molar refractivity (Wildman–Crippen MR) is 103 cm³/mol. The topological polar surface area (TPSA) is 55.4 Å². The molecular formula is C22H27NO3. The Bertz CT molecular complexity index is 755. The molecule has 138 valence electrons. The van der Waals surface area contributed by atoms with E-state index in [4.69, 9.17) is 4.74 Å². The van der Waals surface area contributed by atoms with Gasteiger partial charge in [0.05, 0.1) is 5.56 Å². The van der Waals surface area contributed by atoms with Gasteiger partial charge in [-0.3, -0.25) is 4.79 Å². The van der Waals surface area contributed by atoms with Crippen LogP contribution in [0.1, 0.15) is 47.3 Å². The fourth-order valence-electron chi connectivity index (χ4n) is 2.61. The summed E-state index contributed by atoms with van der Waals surface area (Å²) in [6, 6.07) is 15.5. The Morgan fingerprint density at radius 2 is 1.69 bits per heavy atom. The molecule has 0 fully saturated rings. The highest BCUT2D eigenvalue weighted by atomic mass is 16.5. The van der Waals surface area contributed by atoms with Crippen molar-refractivity contribution in [2.24, 2.45) is 0 Å². The predicted octanol–water partition coefficient (Wildman–Crippen LogP) is 3.99. The van der Waals surface area contributed by atoms with Crippen molar-refractivity contribution < 1.29 is 14.3 Å². The van der Waals surface area contributed by atoms with Gasteiger partial charge in [-0.2, -0.15) is 0 Å². The Kier molecular flexibility index (Phi) is 6.96. The summed E-state index contributed by atoms with van der Waals surface area (Å²) in [7, 11) is 0. The molecule has 2 aromatic carbocycles. The Hall–Kier alpha value is -2.62. The number of amides is 1. The van der Waals surface area contributed by atoms with Crippen LogP contribution >= 0.6 is 0 Å². The molecule has 0 aromatic heterocycles. The molecule has 0 radical (unpaired) electrons. The summed E-state index contributed by atoms with van der Waals surface area (Å²) in [5.41, 5.74) is 3.83. The van der Waals surface area contributed by atoms with E-state index in [-0.39, 0.29) is 11.9 Å². The van der Waals surface area contributed by atoms with Gasteiger partial charge in [0.2, 0.25) is 0 Å². The second-order valence-electron chi connectivity index (χ2n) is 6.78. The molecule has 4 heteroatoms. The highest BCUT2D eigenvalue weighted by Crippen LogP contribution is 2.12. The maximum atomic E-state index is 12.3. The molecule has 0 saturated heterocycles. The van der Waals surface area contributed by atoms with E-state index in [9.17, 15) is 9.59 Å². The van der Waals surface area contributed by atoms with Crippen molar-refractivity contribution in [1.82, 2.24) is 5.32 Å². The molecule has 0 spiro atoms. The Balaban J connectivity index is 1.82. The van der Waals surface area contributed by atoms with Crippen LogP contribution in [0.15, 0.2) is 48.5 Å². The largest absolute Gasteiger partial charge is 0.449 e. The normalized spacial score (nSPS) is 12.9. The smallest absolute Gasteiger partial charge is 0.338 e. The van der Waals surface area contributed by atoms with E-state index in [2.05, 4.69) is 17.4 Å². The fraction of sp³-hybridized carbons (Fsp3) is 0.364. The molecule has 0 bridgehead atoms. The van der Waals surface area contributed by atoms with Crippen LogP contribution in [-0.4, -0.2) is 24.0 Å².